The Balaban J connectivity index is 2.03. The summed E-state index contributed by atoms with van der Waals surface area (Å²) in [6, 6.07) is 7.87. The van der Waals surface area contributed by atoms with E-state index in [-0.39, 0.29) is 12.2 Å². The number of anilines is 2. The van der Waals surface area contributed by atoms with Gasteiger partial charge < -0.3 is 15.4 Å². The van der Waals surface area contributed by atoms with Crippen molar-refractivity contribution in [3.05, 3.63) is 52.5 Å². The molecule has 0 unspecified atom stereocenters. The molecule has 0 aliphatic carbocycles. The number of hydrogen-bond acceptors (Lipinski definition) is 3. The Bertz CT molecular complexity index is 779. The van der Waals surface area contributed by atoms with Gasteiger partial charge in [0.05, 0.1) is 24.9 Å². The number of rotatable bonds is 5. The number of alkyl halides is 3. The second kappa shape index (κ2) is 7.65. The van der Waals surface area contributed by atoms with E-state index in [1.54, 1.807) is 19.1 Å². The topological polar surface area (TPSA) is 50.4 Å². The normalized spacial score (nSPS) is 11.1. The number of carbonyl (C=O) groups excluding carboxylic acids is 1. The maximum atomic E-state index is 12.7. The number of halogens is 4. The summed E-state index contributed by atoms with van der Waals surface area (Å²) in [6.07, 6.45) is -4.44. The molecule has 2 aromatic carbocycles. The van der Waals surface area contributed by atoms with E-state index in [4.69, 9.17) is 16.3 Å². The molecule has 0 aromatic heterocycles. The van der Waals surface area contributed by atoms with Gasteiger partial charge in [0, 0.05) is 16.8 Å². The molecule has 0 saturated heterocycles. The molecule has 0 bridgehead atoms. The second-order valence-corrected chi connectivity index (χ2v) is 5.69. The Kier molecular flexibility index (Phi) is 5.79. The lowest BCUT2D eigenvalue weighted by Crippen LogP contribution is -2.22. The molecule has 0 fully saturated rings. The smallest absolute Gasteiger partial charge is 0.416 e. The maximum Gasteiger partial charge on any atom is 0.416 e. The highest BCUT2D eigenvalue weighted by Crippen LogP contribution is 2.31. The fourth-order valence-electron chi connectivity index (χ4n) is 2.11. The van der Waals surface area contributed by atoms with Gasteiger partial charge in [-0.25, -0.2) is 0 Å². The van der Waals surface area contributed by atoms with Gasteiger partial charge in [0.15, 0.2) is 0 Å². The zero-order valence-electron chi connectivity index (χ0n) is 13.5. The molecule has 2 aromatic rings. The van der Waals surface area contributed by atoms with Gasteiger partial charge in [-0.15, -0.1) is 0 Å². The Morgan fingerprint density at radius 1 is 1.24 bits per heavy atom. The first kappa shape index (κ1) is 18.9. The van der Waals surface area contributed by atoms with Crippen molar-refractivity contribution < 1.29 is 22.7 Å². The summed E-state index contributed by atoms with van der Waals surface area (Å²) >= 11 is 6.00. The molecule has 2 N–H and O–H groups in total. The number of methoxy groups -OCH3 is 1. The van der Waals surface area contributed by atoms with Crippen LogP contribution in [0.3, 0.4) is 0 Å². The highest BCUT2D eigenvalue weighted by molar-refractivity contribution is 6.31. The van der Waals surface area contributed by atoms with Crippen LogP contribution < -0.4 is 15.4 Å². The molecule has 0 heterocycles. The standard InChI is InChI=1S/C17H16ClF3N2O2/c1-10-6-14(15(25-2)8-13(10)18)23-16(24)9-22-12-5-3-4-11(7-12)17(19,20)21/h3-8,22H,9H2,1-2H3,(H,23,24). The minimum Gasteiger partial charge on any atom is -0.495 e. The van der Waals surface area contributed by atoms with E-state index in [9.17, 15) is 18.0 Å². The van der Waals surface area contributed by atoms with Crippen molar-refractivity contribution in [2.75, 3.05) is 24.3 Å². The monoisotopic (exact) mass is 372 g/mol. The highest BCUT2D eigenvalue weighted by atomic mass is 35.5. The van der Waals surface area contributed by atoms with Crippen LogP contribution in [0.5, 0.6) is 5.75 Å². The van der Waals surface area contributed by atoms with Gasteiger partial charge in [-0.3, -0.25) is 4.79 Å². The lowest BCUT2D eigenvalue weighted by atomic mass is 10.2. The zero-order chi connectivity index (χ0) is 18.6. The summed E-state index contributed by atoms with van der Waals surface area (Å²) in [4.78, 5) is 12.0. The third kappa shape index (κ3) is 5.03. The van der Waals surface area contributed by atoms with E-state index >= 15 is 0 Å². The molecule has 0 atom stereocenters. The lowest BCUT2D eigenvalue weighted by Gasteiger charge is -2.13. The van der Waals surface area contributed by atoms with E-state index in [2.05, 4.69) is 10.6 Å². The van der Waals surface area contributed by atoms with E-state index in [1.165, 1.54) is 19.2 Å². The molecule has 0 saturated carbocycles. The third-order valence-electron chi connectivity index (χ3n) is 3.40. The van der Waals surface area contributed by atoms with Gasteiger partial charge in [-0.05, 0) is 36.8 Å². The minimum absolute atomic E-state index is 0.198. The number of nitrogens with one attached hydrogen (secondary N) is 2. The van der Waals surface area contributed by atoms with Gasteiger partial charge in [-0.1, -0.05) is 17.7 Å². The van der Waals surface area contributed by atoms with E-state index in [0.717, 1.165) is 17.7 Å². The van der Waals surface area contributed by atoms with Gasteiger partial charge in [0.1, 0.15) is 5.75 Å². The van der Waals surface area contributed by atoms with Crippen molar-refractivity contribution in [3.63, 3.8) is 0 Å². The Hall–Kier alpha value is -2.41. The average Bonchev–Trinajstić information content (AvgIpc) is 2.55. The van der Waals surface area contributed by atoms with Crippen molar-refractivity contribution in [1.29, 1.82) is 0 Å². The van der Waals surface area contributed by atoms with Crippen LogP contribution >= 0.6 is 11.6 Å². The van der Waals surface area contributed by atoms with Crippen LogP contribution in [0, 0.1) is 6.92 Å². The molecule has 0 aliphatic rings. The minimum atomic E-state index is -4.44. The fourth-order valence-corrected chi connectivity index (χ4v) is 2.27. The number of carbonyl (C=O) groups is 1. The lowest BCUT2D eigenvalue weighted by molar-refractivity contribution is -0.137. The van der Waals surface area contributed by atoms with Crippen molar-refractivity contribution >= 4 is 28.9 Å². The quantitative estimate of drug-likeness (QED) is 0.798. The van der Waals surface area contributed by atoms with Crippen LogP contribution in [-0.4, -0.2) is 19.6 Å². The summed E-state index contributed by atoms with van der Waals surface area (Å²) in [5.41, 5.74) is 0.598. The third-order valence-corrected chi connectivity index (χ3v) is 3.81. The van der Waals surface area contributed by atoms with Crippen LogP contribution in [-0.2, 0) is 11.0 Å². The first-order valence-corrected chi connectivity index (χ1v) is 7.63. The van der Waals surface area contributed by atoms with Crippen molar-refractivity contribution in [2.24, 2.45) is 0 Å². The number of amides is 1. The molecular formula is C17H16ClF3N2O2. The first-order chi connectivity index (χ1) is 11.7. The van der Waals surface area contributed by atoms with Gasteiger partial charge >= 0.3 is 6.18 Å². The van der Waals surface area contributed by atoms with E-state index in [1.807, 2.05) is 0 Å². The van der Waals surface area contributed by atoms with Crippen LogP contribution in [0.15, 0.2) is 36.4 Å². The molecule has 0 aliphatic heterocycles. The summed E-state index contributed by atoms with van der Waals surface area (Å²) in [5.74, 6) is -0.0412. The largest absolute Gasteiger partial charge is 0.495 e. The molecule has 4 nitrogen and oxygen atoms in total. The summed E-state index contributed by atoms with van der Waals surface area (Å²) in [5, 5.41) is 5.80. The van der Waals surface area contributed by atoms with Gasteiger partial charge in [-0.2, -0.15) is 13.2 Å². The molecule has 0 spiro atoms. The summed E-state index contributed by atoms with van der Waals surface area (Å²) in [6.45, 7) is 1.57. The number of hydrogen-bond donors (Lipinski definition) is 2. The first-order valence-electron chi connectivity index (χ1n) is 7.26. The summed E-state index contributed by atoms with van der Waals surface area (Å²) in [7, 11) is 1.44. The Morgan fingerprint density at radius 3 is 2.60 bits per heavy atom. The van der Waals surface area contributed by atoms with Crippen molar-refractivity contribution in [1.82, 2.24) is 0 Å². The molecule has 2 rings (SSSR count). The van der Waals surface area contributed by atoms with Crippen LogP contribution in [0.2, 0.25) is 5.02 Å². The zero-order valence-corrected chi connectivity index (χ0v) is 14.3. The molecule has 8 heteroatoms. The highest BCUT2D eigenvalue weighted by Gasteiger charge is 2.30. The van der Waals surface area contributed by atoms with Crippen LogP contribution in [0.1, 0.15) is 11.1 Å². The maximum absolute atomic E-state index is 12.7. The van der Waals surface area contributed by atoms with Gasteiger partial charge in [0.25, 0.3) is 0 Å². The molecule has 25 heavy (non-hydrogen) atoms. The van der Waals surface area contributed by atoms with Crippen LogP contribution in [0.25, 0.3) is 0 Å². The fraction of sp³-hybridized carbons (Fsp3) is 0.235. The molecule has 1 amide bonds. The number of aryl methyl sites for hydroxylation is 1. The predicted octanol–water partition coefficient (Wildman–Crippen LogP) is 4.73. The Morgan fingerprint density at radius 2 is 1.96 bits per heavy atom. The SMILES string of the molecule is COc1cc(Cl)c(C)cc1NC(=O)CNc1cccc(C(F)(F)F)c1. The Labute approximate surface area is 147 Å². The molecule has 0 radical (unpaired) electrons. The van der Waals surface area contributed by atoms with Crippen LogP contribution in [0.4, 0.5) is 24.5 Å². The van der Waals surface area contributed by atoms with Crippen molar-refractivity contribution in [3.8, 4) is 5.75 Å². The predicted molar refractivity (Wildman–Crippen MR) is 91.3 cm³/mol. The summed E-state index contributed by atoms with van der Waals surface area (Å²) < 4.78 is 43.2. The number of ether oxygens (including phenoxy) is 1. The number of benzene rings is 2. The van der Waals surface area contributed by atoms with Crippen molar-refractivity contribution in [2.45, 2.75) is 13.1 Å². The molecule has 134 valence electrons. The average molecular weight is 373 g/mol. The molecular weight excluding hydrogens is 357 g/mol. The second-order valence-electron chi connectivity index (χ2n) is 5.28. The van der Waals surface area contributed by atoms with E-state index < -0.39 is 17.6 Å². The van der Waals surface area contributed by atoms with Gasteiger partial charge in [0.2, 0.25) is 5.91 Å². The van der Waals surface area contributed by atoms with E-state index in [0.29, 0.717) is 16.5 Å².